The van der Waals surface area contributed by atoms with Gasteiger partial charge in [-0.1, -0.05) is 29.3 Å². The Morgan fingerprint density at radius 2 is 1.73 bits per heavy atom. The van der Waals surface area contributed by atoms with Crippen molar-refractivity contribution in [3.63, 3.8) is 0 Å². The SMILES string of the molecule is O=S(=O)(c1ccc(Cl)cc1)[C@H]1CN(S(=O)(=O)c2ccc(CF)cc2Cl)C[C@@]1(O)CO. The lowest BCUT2D eigenvalue weighted by Gasteiger charge is -2.26. The van der Waals surface area contributed by atoms with E-state index in [1.165, 1.54) is 30.3 Å². The average Bonchev–Trinajstić information content (AvgIpc) is 3.08. The van der Waals surface area contributed by atoms with Crippen molar-refractivity contribution in [1.82, 2.24) is 4.31 Å². The Morgan fingerprint density at radius 3 is 2.27 bits per heavy atom. The van der Waals surface area contributed by atoms with Crippen molar-refractivity contribution < 1.29 is 31.4 Å². The largest absolute Gasteiger partial charge is 0.393 e. The van der Waals surface area contributed by atoms with E-state index in [1.807, 2.05) is 0 Å². The molecular weight excluding hydrogens is 480 g/mol. The van der Waals surface area contributed by atoms with E-state index in [0.29, 0.717) is 5.02 Å². The van der Waals surface area contributed by atoms with Crippen molar-refractivity contribution >= 4 is 43.1 Å². The number of sulfonamides is 1. The molecule has 1 heterocycles. The van der Waals surface area contributed by atoms with Crippen LogP contribution < -0.4 is 0 Å². The number of halogens is 3. The van der Waals surface area contributed by atoms with Gasteiger partial charge in [-0.15, -0.1) is 0 Å². The summed E-state index contributed by atoms with van der Waals surface area (Å²) in [6.45, 7) is -3.09. The smallest absolute Gasteiger partial charge is 0.244 e. The van der Waals surface area contributed by atoms with Gasteiger partial charge in [0.05, 0.1) is 16.5 Å². The number of hydrogen-bond acceptors (Lipinski definition) is 6. The van der Waals surface area contributed by atoms with Gasteiger partial charge < -0.3 is 10.2 Å². The van der Waals surface area contributed by atoms with E-state index in [-0.39, 0.29) is 20.4 Å². The molecule has 0 bridgehead atoms. The van der Waals surface area contributed by atoms with Crippen LogP contribution in [0.3, 0.4) is 0 Å². The van der Waals surface area contributed by atoms with Crippen LogP contribution in [0.15, 0.2) is 52.3 Å². The van der Waals surface area contributed by atoms with Gasteiger partial charge in [-0.2, -0.15) is 4.31 Å². The van der Waals surface area contributed by atoms with Gasteiger partial charge in [-0.3, -0.25) is 0 Å². The number of nitrogens with zero attached hydrogens (tertiary/aromatic N) is 1. The Balaban J connectivity index is 2.01. The fourth-order valence-electron chi connectivity index (χ4n) is 3.31. The van der Waals surface area contributed by atoms with Crippen LogP contribution >= 0.6 is 23.2 Å². The third-order valence-electron chi connectivity index (χ3n) is 4.98. The summed E-state index contributed by atoms with van der Waals surface area (Å²) in [4.78, 5) is -0.528. The number of sulfone groups is 1. The zero-order valence-electron chi connectivity index (χ0n) is 15.4. The lowest BCUT2D eigenvalue weighted by atomic mass is 10.1. The maximum absolute atomic E-state index is 13.1. The normalized spacial score (nSPS) is 23.0. The van der Waals surface area contributed by atoms with Gasteiger partial charge in [0.25, 0.3) is 0 Å². The van der Waals surface area contributed by atoms with Crippen molar-refractivity contribution in [1.29, 1.82) is 0 Å². The third-order valence-corrected chi connectivity index (χ3v) is 9.79. The second-order valence-corrected chi connectivity index (χ2v) is 11.8. The maximum Gasteiger partial charge on any atom is 0.244 e. The van der Waals surface area contributed by atoms with Crippen LogP contribution in [-0.2, 0) is 26.5 Å². The zero-order valence-corrected chi connectivity index (χ0v) is 18.5. The Kier molecular flexibility index (Phi) is 6.51. The van der Waals surface area contributed by atoms with Crippen LogP contribution in [0, 0.1) is 0 Å². The van der Waals surface area contributed by atoms with Crippen LogP contribution in [0.1, 0.15) is 5.56 Å². The van der Waals surface area contributed by atoms with E-state index >= 15 is 0 Å². The molecule has 0 aliphatic carbocycles. The van der Waals surface area contributed by atoms with Crippen LogP contribution in [0.5, 0.6) is 0 Å². The molecule has 0 aromatic heterocycles. The average molecular weight is 498 g/mol. The third kappa shape index (κ3) is 4.10. The van der Waals surface area contributed by atoms with Crippen LogP contribution in [0.2, 0.25) is 10.0 Å². The minimum absolute atomic E-state index is 0.173. The standard InChI is InChI=1S/C18H18Cl2FNO6S2/c19-13-2-4-14(5-3-13)29(25,26)17-9-22(10-18(17,24)11-23)30(27,28)16-6-1-12(8-21)7-15(16)20/h1-7,17,23-24H,8-11H2/t17-,18+/m0/s1. The molecule has 7 nitrogen and oxygen atoms in total. The van der Waals surface area contributed by atoms with E-state index in [1.54, 1.807) is 0 Å². The quantitative estimate of drug-likeness (QED) is 0.631. The van der Waals surface area contributed by atoms with E-state index < -0.39 is 57.1 Å². The number of aliphatic hydroxyl groups is 2. The topological polar surface area (TPSA) is 112 Å². The molecule has 0 amide bonds. The first-order valence-corrected chi connectivity index (χ1v) is 12.4. The first kappa shape index (κ1) is 23.4. The van der Waals surface area contributed by atoms with E-state index in [9.17, 15) is 31.4 Å². The molecule has 30 heavy (non-hydrogen) atoms. The van der Waals surface area contributed by atoms with E-state index in [2.05, 4.69) is 0 Å². The van der Waals surface area contributed by atoms with Crippen molar-refractivity contribution in [2.24, 2.45) is 0 Å². The van der Waals surface area contributed by atoms with Crippen molar-refractivity contribution in [3.05, 3.63) is 58.1 Å². The first-order chi connectivity index (χ1) is 14.0. The number of benzene rings is 2. The molecule has 2 atom stereocenters. The van der Waals surface area contributed by atoms with Gasteiger partial charge in [0.1, 0.15) is 22.4 Å². The van der Waals surface area contributed by atoms with Crippen LogP contribution in [-0.4, -0.2) is 61.9 Å². The predicted octanol–water partition coefficient (Wildman–Crippen LogP) is 2.03. The predicted molar refractivity (Wildman–Crippen MR) is 109 cm³/mol. The summed E-state index contributed by atoms with van der Waals surface area (Å²) in [6.07, 6.45) is 0. The van der Waals surface area contributed by atoms with Gasteiger partial charge in [0.15, 0.2) is 9.84 Å². The molecule has 1 aliphatic heterocycles. The number of β-amino-alcohol motifs (C(OH)–C–C–N with tert-alkyl or cyclic N) is 1. The van der Waals surface area contributed by atoms with Crippen LogP contribution in [0.4, 0.5) is 4.39 Å². The summed E-state index contributed by atoms with van der Waals surface area (Å²) < 4.78 is 65.8. The van der Waals surface area contributed by atoms with E-state index in [0.717, 1.165) is 16.4 Å². The van der Waals surface area contributed by atoms with Gasteiger partial charge in [0, 0.05) is 18.1 Å². The zero-order chi connectivity index (χ0) is 22.3. The van der Waals surface area contributed by atoms with Gasteiger partial charge in [-0.05, 0) is 42.0 Å². The Hall–Kier alpha value is -1.27. The first-order valence-electron chi connectivity index (χ1n) is 8.63. The molecule has 2 N–H and O–H groups in total. The summed E-state index contributed by atoms with van der Waals surface area (Å²) in [5.41, 5.74) is -2.06. The van der Waals surface area contributed by atoms with Gasteiger partial charge in [-0.25, -0.2) is 21.2 Å². The summed E-state index contributed by atoms with van der Waals surface area (Å²) in [7, 11) is -8.56. The van der Waals surface area contributed by atoms with Crippen molar-refractivity contribution in [2.75, 3.05) is 19.7 Å². The molecule has 3 rings (SSSR count). The summed E-state index contributed by atoms with van der Waals surface area (Å²) in [5.74, 6) is 0. The van der Waals surface area contributed by atoms with Gasteiger partial charge in [0.2, 0.25) is 10.0 Å². The fourth-order valence-corrected chi connectivity index (χ4v) is 7.54. The summed E-state index contributed by atoms with van der Waals surface area (Å²) in [5, 5.41) is 18.9. The Bertz CT molecular complexity index is 1160. The number of alkyl halides is 1. The van der Waals surface area contributed by atoms with Crippen molar-refractivity contribution in [3.8, 4) is 0 Å². The molecule has 1 aliphatic rings. The van der Waals surface area contributed by atoms with Crippen molar-refractivity contribution in [2.45, 2.75) is 27.3 Å². The number of aliphatic hydroxyl groups excluding tert-OH is 1. The molecule has 0 unspecified atom stereocenters. The monoisotopic (exact) mass is 497 g/mol. The molecule has 0 saturated carbocycles. The minimum atomic E-state index is -4.34. The lowest BCUT2D eigenvalue weighted by Crippen LogP contribution is -2.49. The Morgan fingerprint density at radius 1 is 1.10 bits per heavy atom. The molecule has 1 fully saturated rings. The highest BCUT2D eigenvalue weighted by atomic mass is 35.5. The molecule has 12 heteroatoms. The molecule has 2 aromatic rings. The number of hydrogen-bond donors (Lipinski definition) is 2. The number of rotatable bonds is 6. The second kappa shape index (κ2) is 8.34. The molecule has 1 saturated heterocycles. The summed E-state index contributed by atoms with van der Waals surface area (Å²) in [6, 6.07) is 8.69. The van der Waals surface area contributed by atoms with E-state index in [4.69, 9.17) is 23.2 Å². The second-order valence-electron chi connectivity index (χ2n) is 6.95. The molecular formula is C18H18Cl2FNO6S2. The highest BCUT2D eigenvalue weighted by Crippen LogP contribution is 2.36. The molecule has 2 aromatic carbocycles. The fraction of sp³-hybridized carbons (Fsp3) is 0.333. The maximum atomic E-state index is 13.1. The molecule has 164 valence electrons. The lowest BCUT2D eigenvalue weighted by molar-refractivity contribution is 0.00160. The Labute approximate surface area is 183 Å². The summed E-state index contributed by atoms with van der Waals surface area (Å²) >= 11 is 11.8. The minimum Gasteiger partial charge on any atom is -0.393 e. The highest BCUT2D eigenvalue weighted by molar-refractivity contribution is 7.92. The highest BCUT2D eigenvalue weighted by Gasteiger charge is 2.55. The molecule has 0 radical (unpaired) electrons. The molecule has 0 spiro atoms. The van der Waals surface area contributed by atoms with Gasteiger partial charge >= 0.3 is 0 Å². The van der Waals surface area contributed by atoms with Crippen LogP contribution in [0.25, 0.3) is 0 Å².